The van der Waals surface area contributed by atoms with Crippen molar-refractivity contribution in [1.82, 2.24) is 4.90 Å². The second-order valence-electron chi connectivity index (χ2n) is 4.65. The molecule has 0 radical (unpaired) electrons. The van der Waals surface area contributed by atoms with Crippen molar-refractivity contribution in [3.05, 3.63) is 45.0 Å². The predicted molar refractivity (Wildman–Crippen MR) is 69.8 cm³/mol. The fourth-order valence-electron chi connectivity index (χ4n) is 2.15. The van der Waals surface area contributed by atoms with Gasteiger partial charge in [-0.15, -0.1) is 0 Å². The fraction of sp³-hybridized carbons (Fsp3) is 0.308. The maximum Gasteiger partial charge on any atom is 0.407 e. The molecule has 0 aromatic heterocycles. The number of piperidine rings is 1. The van der Waals surface area contributed by atoms with Crippen LogP contribution in [0.3, 0.4) is 0 Å². The molecule has 2 rings (SSSR count). The molecule has 1 aromatic carbocycles. The molecule has 1 saturated heterocycles. The Balaban J connectivity index is 2.20. The molecule has 0 atom stereocenters. The topological polar surface area (TPSA) is 83.7 Å². The Kier molecular flexibility index (Phi) is 4.15. The maximum atomic E-state index is 13.7. The Bertz CT molecular complexity index is 621. The summed E-state index contributed by atoms with van der Waals surface area (Å²) in [6, 6.07) is 1.33. The van der Waals surface area contributed by atoms with Crippen LogP contribution in [0.15, 0.2) is 17.7 Å². The Hall–Kier alpha value is -2.51. The number of likely N-dealkylation sites (tertiary alicyclic amines) is 1. The van der Waals surface area contributed by atoms with Gasteiger partial charge in [0.1, 0.15) is 5.82 Å². The van der Waals surface area contributed by atoms with Gasteiger partial charge in [0.2, 0.25) is 5.82 Å². The lowest BCUT2D eigenvalue weighted by Gasteiger charge is -2.25. The Morgan fingerprint density at radius 3 is 2.43 bits per heavy atom. The van der Waals surface area contributed by atoms with Crippen molar-refractivity contribution < 1.29 is 23.6 Å². The van der Waals surface area contributed by atoms with E-state index in [4.69, 9.17) is 5.11 Å². The number of hydrogen-bond acceptors (Lipinski definition) is 3. The molecule has 1 aliphatic heterocycles. The summed E-state index contributed by atoms with van der Waals surface area (Å²) in [6.07, 6.45) is 1.25. The van der Waals surface area contributed by atoms with Crippen LogP contribution in [0.4, 0.5) is 19.3 Å². The summed E-state index contributed by atoms with van der Waals surface area (Å²) in [5.74, 6) is -1.98. The summed E-state index contributed by atoms with van der Waals surface area (Å²) >= 11 is 0. The molecule has 0 spiro atoms. The third-order valence-electron chi connectivity index (χ3n) is 3.30. The summed E-state index contributed by atoms with van der Waals surface area (Å²) in [6.45, 7) is 0.580. The largest absolute Gasteiger partial charge is 0.465 e. The number of hydrogen-bond donors (Lipinski definition) is 1. The minimum atomic E-state index is -1.10. The van der Waals surface area contributed by atoms with Crippen LogP contribution in [0.2, 0.25) is 0 Å². The van der Waals surface area contributed by atoms with E-state index in [0.717, 1.165) is 11.6 Å². The number of rotatable bonds is 2. The standard InChI is InChI=1S/C13H12F2N2O4/c14-10-7-12(17(20)21)11(15)6-9(10)5-8-1-3-16(4-2-8)13(18)19/h5-7H,1-4H2,(H,18,19). The van der Waals surface area contributed by atoms with Gasteiger partial charge in [-0.1, -0.05) is 11.6 Å². The average molecular weight is 298 g/mol. The molecule has 0 saturated carbocycles. The summed E-state index contributed by atoms with van der Waals surface area (Å²) in [5, 5.41) is 19.3. The van der Waals surface area contributed by atoms with Crippen LogP contribution in [0.1, 0.15) is 18.4 Å². The summed E-state index contributed by atoms with van der Waals surface area (Å²) in [4.78, 5) is 21.5. The first-order chi connectivity index (χ1) is 9.88. The SMILES string of the molecule is O=C(O)N1CCC(=Cc2cc(F)c([N+](=O)[O-])cc2F)CC1. The van der Waals surface area contributed by atoms with Gasteiger partial charge < -0.3 is 10.0 Å². The van der Waals surface area contributed by atoms with Crippen LogP contribution in [0.5, 0.6) is 0 Å². The van der Waals surface area contributed by atoms with E-state index in [0.29, 0.717) is 18.9 Å². The van der Waals surface area contributed by atoms with Crippen molar-refractivity contribution in [2.75, 3.05) is 13.1 Å². The highest BCUT2D eigenvalue weighted by Crippen LogP contribution is 2.25. The smallest absolute Gasteiger partial charge is 0.407 e. The van der Waals surface area contributed by atoms with Gasteiger partial charge >= 0.3 is 11.8 Å². The van der Waals surface area contributed by atoms with Gasteiger partial charge in [-0.2, -0.15) is 4.39 Å². The third kappa shape index (κ3) is 3.33. The van der Waals surface area contributed by atoms with E-state index in [1.54, 1.807) is 0 Å². The van der Waals surface area contributed by atoms with Gasteiger partial charge in [-0.3, -0.25) is 10.1 Å². The van der Waals surface area contributed by atoms with Gasteiger partial charge in [0.05, 0.1) is 11.0 Å². The minimum Gasteiger partial charge on any atom is -0.465 e. The van der Waals surface area contributed by atoms with E-state index in [9.17, 15) is 23.7 Å². The summed E-state index contributed by atoms with van der Waals surface area (Å²) < 4.78 is 27.2. The first kappa shape index (κ1) is 14.9. The van der Waals surface area contributed by atoms with E-state index < -0.39 is 28.3 Å². The second kappa shape index (κ2) is 5.86. The van der Waals surface area contributed by atoms with Crippen LogP contribution in [-0.2, 0) is 0 Å². The fourth-order valence-corrected chi connectivity index (χ4v) is 2.15. The van der Waals surface area contributed by atoms with Crippen molar-refractivity contribution in [3.63, 3.8) is 0 Å². The van der Waals surface area contributed by atoms with Crippen molar-refractivity contribution in [2.45, 2.75) is 12.8 Å². The highest BCUT2D eigenvalue weighted by molar-refractivity contribution is 5.65. The number of nitro groups is 1. The van der Waals surface area contributed by atoms with Crippen LogP contribution >= 0.6 is 0 Å². The molecule has 6 nitrogen and oxygen atoms in total. The molecule has 1 N–H and O–H groups in total. The molecular weight excluding hydrogens is 286 g/mol. The lowest BCUT2D eigenvalue weighted by atomic mass is 10.0. The maximum absolute atomic E-state index is 13.7. The highest BCUT2D eigenvalue weighted by atomic mass is 19.1. The first-order valence-electron chi connectivity index (χ1n) is 6.19. The first-order valence-corrected chi connectivity index (χ1v) is 6.19. The second-order valence-corrected chi connectivity index (χ2v) is 4.65. The van der Waals surface area contributed by atoms with E-state index in [1.807, 2.05) is 0 Å². The van der Waals surface area contributed by atoms with Gasteiger partial charge in [0, 0.05) is 18.7 Å². The van der Waals surface area contributed by atoms with Crippen molar-refractivity contribution in [2.24, 2.45) is 0 Å². The molecule has 1 aliphatic rings. The molecule has 112 valence electrons. The van der Waals surface area contributed by atoms with Crippen LogP contribution in [0.25, 0.3) is 6.08 Å². The Morgan fingerprint density at radius 2 is 1.90 bits per heavy atom. The van der Waals surface area contributed by atoms with E-state index >= 15 is 0 Å². The average Bonchev–Trinajstić information content (AvgIpc) is 2.42. The summed E-state index contributed by atoms with van der Waals surface area (Å²) in [7, 11) is 0. The number of benzene rings is 1. The minimum absolute atomic E-state index is 0.0723. The van der Waals surface area contributed by atoms with Gasteiger partial charge in [-0.25, -0.2) is 9.18 Å². The molecule has 0 bridgehead atoms. The molecule has 0 aliphatic carbocycles. The molecule has 8 heteroatoms. The van der Waals surface area contributed by atoms with Crippen molar-refractivity contribution in [3.8, 4) is 0 Å². The quantitative estimate of drug-likeness (QED) is 0.672. The lowest BCUT2D eigenvalue weighted by Crippen LogP contribution is -2.35. The van der Waals surface area contributed by atoms with E-state index in [2.05, 4.69) is 0 Å². The number of nitrogens with zero attached hydrogens (tertiary/aromatic N) is 2. The van der Waals surface area contributed by atoms with E-state index in [-0.39, 0.29) is 18.7 Å². The number of amides is 1. The zero-order valence-corrected chi connectivity index (χ0v) is 10.9. The number of nitro benzene ring substituents is 1. The molecule has 1 heterocycles. The zero-order valence-electron chi connectivity index (χ0n) is 10.9. The third-order valence-corrected chi connectivity index (χ3v) is 3.30. The molecule has 1 fully saturated rings. The van der Waals surface area contributed by atoms with Gasteiger partial charge in [0.25, 0.3) is 0 Å². The number of halogens is 2. The molecular formula is C13H12F2N2O4. The van der Waals surface area contributed by atoms with Crippen LogP contribution < -0.4 is 0 Å². The molecule has 0 unspecified atom stereocenters. The van der Waals surface area contributed by atoms with Crippen LogP contribution in [0, 0.1) is 21.7 Å². The molecule has 21 heavy (non-hydrogen) atoms. The molecule has 1 amide bonds. The Labute approximate surface area is 118 Å². The van der Waals surface area contributed by atoms with Crippen molar-refractivity contribution >= 4 is 17.9 Å². The highest BCUT2D eigenvalue weighted by Gasteiger charge is 2.20. The molecule has 1 aromatic rings. The van der Waals surface area contributed by atoms with Gasteiger partial charge in [-0.05, 0) is 18.9 Å². The monoisotopic (exact) mass is 298 g/mol. The van der Waals surface area contributed by atoms with Crippen LogP contribution in [-0.4, -0.2) is 34.1 Å². The van der Waals surface area contributed by atoms with Crippen molar-refractivity contribution in [1.29, 1.82) is 0 Å². The Morgan fingerprint density at radius 1 is 1.29 bits per heavy atom. The van der Waals surface area contributed by atoms with Gasteiger partial charge in [0.15, 0.2) is 0 Å². The van der Waals surface area contributed by atoms with E-state index in [1.165, 1.54) is 11.0 Å². The number of carboxylic acid groups (broad SMARTS) is 1. The normalized spacial score (nSPS) is 15.0. The lowest BCUT2D eigenvalue weighted by molar-refractivity contribution is -0.387. The number of carbonyl (C=O) groups is 1. The zero-order chi connectivity index (χ0) is 15.6. The summed E-state index contributed by atoms with van der Waals surface area (Å²) in [5.41, 5.74) is -0.202. The predicted octanol–water partition coefficient (Wildman–Crippen LogP) is 3.03.